The summed E-state index contributed by atoms with van der Waals surface area (Å²) in [5.41, 5.74) is -0.152. The van der Waals surface area contributed by atoms with Crippen LogP contribution in [0.2, 0.25) is 0 Å². The molecule has 18 heavy (non-hydrogen) atoms. The van der Waals surface area contributed by atoms with Gasteiger partial charge in [0.1, 0.15) is 23.7 Å². The van der Waals surface area contributed by atoms with Gasteiger partial charge in [0, 0.05) is 7.05 Å². The molecule has 0 atom stereocenters. The monoisotopic (exact) mass is 251 g/mol. The zero-order valence-electron chi connectivity index (χ0n) is 9.87. The second-order valence-corrected chi connectivity index (χ2v) is 3.45. The second kappa shape index (κ2) is 4.95. The van der Waals surface area contributed by atoms with Gasteiger partial charge >= 0.3 is 0 Å². The van der Waals surface area contributed by atoms with E-state index < -0.39 is 11.6 Å². The summed E-state index contributed by atoms with van der Waals surface area (Å²) in [4.78, 5) is 7.82. The van der Waals surface area contributed by atoms with Crippen molar-refractivity contribution in [3.8, 4) is 17.0 Å². The molecule has 2 aromatic rings. The zero-order chi connectivity index (χ0) is 13.1. The first-order chi connectivity index (χ1) is 8.69. The predicted molar refractivity (Wildman–Crippen MR) is 63.5 cm³/mol. The third kappa shape index (κ3) is 1.97. The van der Waals surface area contributed by atoms with Crippen LogP contribution in [0, 0.1) is 11.6 Å². The van der Waals surface area contributed by atoms with Gasteiger partial charge in [0.2, 0.25) is 0 Å². The Bertz CT molecular complexity index is 555. The van der Waals surface area contributed by atoms with Gasteiger partial charge < -0.3 is 10.1 Å². The van der Waals surface area contributed by atoms with Crippen molar-refractivity contribution >= 4 is 5.82 Å². The first kappa shape index (κ1) is 12.2. The van der Waals surface area contributed by atoms with Gasteiger partial charge in [-0.05, 0) is 12.1 Å². The second-order valence-electron chi connectivity index (χ2n) is 3.45. The van der Waals surface area contributed by atoms with Gasteiger partial charge in [0.05, 0.1) is 12.7 Å². The Kier molecular flexibility index (Phi) is 3.36. The number of anilines is 1. The summed E-state index contributed by atoms with van der Waals surface area (Å²) in [6.07, 6.45) is 1.22. The largest absolute Gasteiger partial charge is 0.491 e. The van der Waals surface area contributed by atoms with Crippen molar-refractivity contribution in [1.29, 1.82) is 0 Å². The van der Waals surface area contributed by atoms with E-state index in [1.54, 1.807) is 7.05 Å². The van der Waals surface area contributed by atoms with E-state index in [0.29, 0.717) is 5.82 Å². The lowest BCUT2D eigenvalue weighted by Gasteiger charge is -2.12. The molecule has 0 saturated heterocycles. The molecule has 0 aliphatic carbocycles. The quantitative estimate of drug-likeness (QED) is 0.910. The molecule has 0 unspecified atom stereocenters. The van der Waals surface area contributed by atoms with Crippen LogP contribution in [-0.2, 0) is 0 Å². The van der Waals surface area contributed by atoms with Crippen LogP contribution in [-0.4, -0.2) is 24.1 Å². The molecule has 1 heterocycles. The SMILES string of the molecule is CNc1ncnc(-c2c(F)cccc2F)c1OC. The first-order valence-corrected chi connectivity index (χ1v) is 5.20. The number of nitrogens with zero attached hydrogens (tertiary/aromatic N) is 2. The molecule has 6 heteroatoms. The maximum atomic E-state index is 13.7. The van der Waals surface area contributed by atoms with Crippen LogP contribution >= 0.6 is 0 Å². The molecule has 0 radical (unpaired) electrons. The highest BCUT2D eigenvalue weighted by Crippen LogP contribution is 2.35. The first-order valence-electron chi connectivity index (χ1n) is 5.20. The molecule has 1 aromatic heterocycles. The van der Waals surface area contributed by atoms with Crippen molar-refractivity contribution in [2.45, 2.75) is 0 Å². The number of nitrogens with one attached hydrogen (secondary N) is 1. The third-order valence-corrected chi connectivity index (χ3v) is 2.44. The Morgan fingerprint density at radius 3 is 2.39 bits per heavy atom. The average Bonchev–Trinajstić information content (AvgIpc) is 2.38. The number of halogens is 2. The van der Waals surface area contributed by atoms with Gasteiger partial charge in [-0.3, -0.25) is 0 Å². The molecule has 94 valence electrons. The highest BCUT2D eigenvalue weighted by atomic mass is 19.1. The summed E-state index contributed by atoms with van der Waals surface area (Å²) < 4.78 is 32.5. The summed E-state index contributed by atoms with van der Waals surface area (Å²) in [7, 11) is 3.02. The van der Waals surface area contributed by atoms with E-state index in [9.17, 15) is 8.78 Å². The van der Waals surface area contributed by atoms with Gasteiger partial charge in [-0.25, -0.2) is 18.7 Å². The van der Waals surface area contributed by atoms with E-state index >= 15 is 0 Å². The molecule has 0 aliphatic heterocycles. The molecule has 0 amide bonds. The minimum Gasteiger partial charge on any atom is -0.491 e. The summed E-state index contributed by atoms with van der Waals surface area (Å²) >= 11 is 0. The average molecular weight is 251 g/mol. The number of rotatable bonds is 3. The van der Waals surface area contributed by atoms with Gasteiger partial charge in [-0.15, -0.1) is 0 Å². The van der Waals surface area contributed by atoms with Crippen molar-refractivity contribution in [2.24, 2.45) is 0 Å². The summed E-state index contributed by atoms with van der Waals surface area (Å²) in [5.74, 6) is -0.836. The van der Waals surface area contributed by atoms with Crippen molar-refractivity contribution in [1.82, 2.24) is 9.97 Å². The Hall–Kier alpha value is -2.24. The van der Waals surface area contributed by atoms with E-state index in [2.05, 4.69) is 15.3 Å². The summed E-state index contributed by atoms with van der Waals surface area (Å²) in [5, 5.41) is 2.77. The lowest BCUT2D eigenvalue weighted by atomic mass is 10.1. The van der Waals surface area contributed by atoms with E-state index in [-0.39, 0.29) is 17.0 Å². The molecular weight excluding hydrogens is 240 g/mol. The number of ether oxygens (including phenoxy) is 1. The van der Waals surface area contributed by atoms with Crippen molar-refractivity contribution in [3.63, 3.8) is 0 Å². The molecule has 1 N–H and O–H groups in total. The summed E-state index contributed by atoms with van der Waals surface area (Å²) in [6, 6.07) is 3.62. The highest BCUT2D eigenvalue weighted by molar-refractivity contribution is 5.73. The molecule has 0 bridgehead atoms. The zero-order valence-corrected chi connectivity index (χ0v) is 9.87. The number of methoxy groups -OCH3 is 1. The molecule has 2 rings (SSSR count). The molecular formula is C12H11F2N3O. The molecule has 0 saturated carbocycles. The fourth-order valence-electron chi connectivity index (χ4n) is 1.65. The number of hydrogen-bond donors (Lipinski definition) is 1. The van der Waals surface area contributed by atoms with E-state index in [4.69, 9.17) is 4.74 Å². The van der Waals surface area contributed by atoms with Gasteiger partial charge in [-0.2, -0.15) is 0 Å². The van der Waals surface area contributed by atoms with Crippen LogP contribution in [0.5, 0.6) is 5.75 Å². The smallest absolute Gasteiger partial charge is 0.187 e. The van der Waals surface area contributed by atoms with Crippen LogP contribution in [0.1, 0.15) is 0 Å². The fourth-order valence-corrected chi connectivity index (χ4v) is 1.65. The Morgan fingerprint density at radius 2 is 1.83 bits per heavy atom. The van der Waals surface area contributed by atoms with Crippen molar-refractivity contribution < 1.29 is 13.5 Å². The standard InChI is InChI=1S/C12H11F2N3O/c1-15-12-11(18-2)10(16-6-17-12)9-7(13)4-3-5-8(9)14/h3-6H,1-2H3,(H,15,16,17). The lowest BCUT2D eigenvalue weighted by Crippen LogP contribution is -2.02. The number of hydrogen-bond acceptors (Lipinski definition) is 4. The normalized spacial score (nSPS) is 10.2. The van der Waals surface area contributed by atoms with Gasteiger partial charge in [-0.1, -0.05) is 6.07 Å². The minimum atomic E-state index is -0.700. The van der Waals surface area contributed by atoms with Gasteiger partial charge in [0.25, 0.3) is 0 Å². The lowest BCUT2D eigenvalue weighted by molar-refractivity contribution is 0.414. The van der Waals surface area contributed by atoms with Crippen molar-refractivity contribution in [3.05, 3.63) is 36.2 Å². The van der Waals surface area contributed by atoms with Crippen LogP contribution in [0.25, 0.3) is 11.3 Å². The topological polar surface area (TPSA) is 47.0 Å². The Morgan fingerprint density at radius 1 is 1.17 bits per heavy atom. The molecule has 0 fully saturated rings. The number of benzene rings is 1. The maximum Gasteiger partial charge on any atom is 0.187 e. The highest BCUT2D eigenvalue weighted by Gasteiger charge is 2.19. The van der Waals surface area contributed by atoms with Crippen molar-refractivity contribution in [2.75, 3.05) is 19.5 Å². The number of aromatic nitrogens is 2. The van der Waals surface area contributed by atoms with Crippen LogP contribution in [0.4, 0.5) is 14.6 Å². The molecule has 1 aromatic carbocycles. The van der Waals surface area contributed by atoms with E-state index in [1.165, 1.54) is 31.6 Å². The van der Waals surface area contributed by atoms with E-state index in [1.807, 2.05) is 0 Å². The van der Waals surface area contributed by atoms with Gasteiger partial charge in [0.15, 0.2) is 11.6 Å². The minimum absolute atomic E-state index is 0.0763. The summed E-state index contributed by atoms with van der Waals surface area (Å²) in [6.45, 7) is 0. The van der Waals surface area contributed by atoms with Crippen LogP contribution < -0.4 is 10.1 Å². The molecule has 0 aliphatic rings. The van der Waals surface area contributed by atoms with Crippen LogP contribution in [0.3, 0.4) is 0 Å². The molecule has 0 spiro atoms. The predicted octanol–water partition coefficient (Wildman–Crippen LogP) is 2.47. The Labute approximate surface area is 103 Å². The molecule has 4 nitrogen and oxygen atoms in total. The Balaban J connectivity index is 2.71. The fraction of sp³-hybridized carbons (Fsp3) is 0.167. The van der Waals surface area contributed by atoms with E-state index in [0.717, 1.165) is 0 Å². The van der Waals surface area contributed by atoms with Crippen LogP contribution in [0.15, 0.2) is 24.5 Å². The third-order valence-electron chi connectivity index (χ3n) is 2.44. The maximum absolute atomic E-state index is 13.7.